The van der Waals surface area contributed by atoms with Gasteiger partial charge in [-0.3, -0.25) is 0 Å². The molecule has 4 nitrogen and oxygen atoms in total. The maximum absolute atomic E-state index is 13.0. The van der Waals surface area contributed by atoms with Crippen LogP contribution >= 0.6 is 0 Å². The van der Waals surface area contributed by atoms with E-state index in [0.717, 1.165) is 19.3 Å². The van der Waals surface area contributed by atoms with E-state index in [0.29, 0.717) is 10.6 Å². The number of rotatable bonds is 5. The topological polar surface area (TPSA) is 67.5 Å². The van der Waals surface area contributed by atoms with Crippen LogP contribution in [0.3, 0.4) is 0 Å². The Labute approximate surface area is 109 Å². The molecule has 1 saturated carbocycles. The van der Waals surface area contributed by atoms with E-state index < -0.39 is 9.92 Å². The zero-order valence-corrected chi connectivity index (χ0v) is 11.7. The normalized spacial score (nSPS) is 20.1. The van der Waals surface area contributed by atoms with Gasteiger partial charge in [0.1, 0.15) is 9.92 Å². The Morgan fingerprint density at radius 3 is 2.83 bits per heavy atom. The van der Waals surface area contributed by atoms with Crippen LogP contribution < -0.4 is 10.5 Å². The van der Waals surface area contributed by atoms with Crippen LogP contribution in [0.15, 0.2) is 33.5 Å². The van der Waals surface area contributed by atoms with Crippen molar-refractivity contribution in [3.63, 3.8) is 0 Å². The van der Waals surface area contributed by atoms with Crippen LogP contribution in [0.25, 0.3) is 0 Å². The first-order valence-corrected chi connectivity index (χ1v) is 7.94. The molecule has 1 fully saturated rings. The average molecular weight is 267 g/mol. The number of nitrogens with one attached hydrogen (secondary N) is 1. The van der Waals surface area contributed by atoms with E-state index in [4.69, 9.17) is 5.73 Å². The molecule has 0 bridgehead atoms. The molecule has 100 valence electrons. The summed E-state index contributed by atoms with van der Waals surface area (Å²) in [6, 6.07) is 7.62. The Morgan fingerprint density at radius 2 is 2.28 bits per heavy atom. The van der Waals surface area contributed by atoms with Crippen molar-refractivity contribution in [2.45, 2.75) is 50.1 Å². The molecule has 0 aliphatic heterocycles. The highest BCUT2D eigenvalue weighted by Crippen LogP contribution is 2.27. The number of hydrogen-bond acceptors (Lipinski definition) is 3. The van der Waals surface area contributed by atoms with Gasteiger partial charge in [-0.05, 0) is 44.4 Å². The predicted octanol–water partition coefficient (Wildman–Crippen LogP) is 2.56. The third kappa shape index (κ3) is 3.23. The maximum Gasteiger partial charge on any atom is 0.137 e. The van der Waals surface area contributed by atoms with Gasteiger partial charge in [0.15, 0.2) is 0 Å². The van der Waals surface area contributed by atoms with Crippen molar-refractivity contribution in [1.82, 2.24) is 4.72 Å². The number of anilines is 1. The van der Waals surface area contributed by atoms with Gasteiger partial charge >= 0.3 is 0 Å². The lowest BCUT2D eigenvalue weighted by Gasteiger charge is -2.17. The number of benzene rings is 1. The summed E-state index contributed by atoms with van der Waals surface area (Å²) in [6.07, 6.45) is 3.00. The fraction of sp³-hybridized carbons (Fsp3) is 0.538. The Bertz CT molecular complexity index is 531. The van der Waals surface area contributed by atoms with E-state index in [9.17, 15) is 4.21 Å². The molecule has 2 rings (SSSR count). The van der Waals surface area contributed by atoms with Gasteiger partial charge in [0.25, 0.3) is 0 Å². The van der Waals surface area contributed by atoms with Crippen LogP contribution in [-0.4, -0.2) is 16.3 Å². The van der Waals surface area contributed by atoms with E-state index in [2.05, 4.69) is 16.0 Å². The molecule has 1 aliphatic carbocycles. The van der Waals surface area contributed by atoms with Crippen molar-refractivity contribution in [3.05, 3.63) is 24.3 Å². The van der Waals surface area contributed by atoms with E-state index in [1.165, 1.54) is 0 Å². The monoisotopic (exact) mass is 267 g/mol. The minimum atomic E-state index is -2.54. The minimum Gasteiger partial charge on any atom is -0.399 e. The standard InChI is InChI=1S/C13H21N3OS/c1-3-10(2)15-18(17,16-12-7-8-12)13-6-4-5-11(14)9-13/h4-6,9-10,12H,3,7-8,14H2,1-2H3,(H,15,16,17). The van der Waals surface area contributed by atoms with Gasteiger partial charge in [-0.1, -0.05) is 13.0 Å². The second-order valence-corrected chi connectivity index (χ2v) is 6.83. The van der Waals surface area contributed by atoms with Crippen LogP contribution in [0.4, 0.5) is 5.69 Å². The molecule has 0 heterocycles. The van der Waals surface area contributed by atoms with Crippen molar-refractivity contribution >= 4 is 15.6 Å². The molecular formula is C13H21N3OS. The maximum atomic E-state index is 13.0. The third-order valence-electron chi connectivity index (χ3n) is 3.00. The van der Waals surface area contributed by atoms with Gasteiger partial charge in [-0.2, -0.15) is 0 Å². The van der Waals surface area contributed by atoms with E-state index in [1.807, 2.05) is 19.1 Å². The molecule has 0 saturated heterocycles. The van der Waals surface area contributed by atoms with Crippen molar-refractivity contribution in [2.75, 3.05) is 5.73 Å². The average Bonchev–Trinajstić information content (AvgIpc) is 3.12. The molecule has 1 aromatic carbocycles. The van der Waals surface area contributed by atoms with Gasteiger partial charge < -0.3 is 5.73 Å². The Balaban J connectivity index is 2.39. The number of nitrogens with two attached hydrogens (primary N) is 1. The summed E-state index contributed by atoms with van der Waals surface area (Å²) < 4.78 is 20.7. The summed E-state index contributed by atoms with van der Waals surface area (Å²) in [6.45, 7) is 4.09. The van der Waals surface area contributed by atoms with Crippen molar-refractivity contribution < 1.29 is 4.21 Å². The third-order valence-corrected chi connectivity index (χ3v) is 5.21. The van der Waals surface area contributed by atoms with Gasteiger partial charge in [-0.15, -0.1) is 0 Å². The fourth-order valence-electron chi connectivity index (χ4n) is 1.59. The second kappa shape index (κ2) is 5.28. The number of hydrogen-bond donors (Lipinski definition) is 2. The summed E-state index contributed by atoms with van der Waals surface area (Å²) in [7, 11) is -2.54. The highest BCUT2D eigenvalue weighted by atomic mass is 32.2. The summed E-state index contributed by atoms with van der Waals surface area (Å²) in [4.78, 5) is 0.690. The molecule has 18 heavy (non-hydrogen) atoms. The molecule has 0 amide bonds. The Morgan fingerprint density at radius 1 is 1.56 bits per heavy atom. The summed E-state index contributed by atoms with van der Waals surface area (Å²) in [5.41, 5.74) is 6.39. The molecule has 2 unspecified atom stereocenters. The first-order chi connectivity index (χ1) is 8.53. The Kier molecular flexibility index (Phi) is 3.92. The number of nitrogens with zero attached hydrogens (tertiary/aromatic N) is 1. The van der Waals surface area contributed by atoms with Crippen LogP contribution in [0.2, 0.25) is 0 Å². The summed E-state index contributed by atoms with van der Waals surface area (Å²) >= 11 is 0. The van der Waals surface area contributed by atoms with E-state index in [-0.39, 0.29) is 12.1 Å². The zero-order chi connectivity index (χ0) is 13.2. The van der Waals surface area contributed by atoms with Crippen molar-refractivity contribution in [2.24, 2.45) is 4.36 Å². The lowest BCUT2D eigenvalue weighted by atomic mass is 10.3. The summed E-state index contributed by atoms with van der Waals surface area (Å²) in [5, 5.41) is 0. The smallest absolute Gasteiger partial charge is 0.137 e. The van der Waals surface area contributed by atoms with Crippen molar-refractivity contribution in [3.8, 4) is 0 Å². The quantitative estimate of drug-likeness (QED) is 0.805. The van der Waals surface area contributed by atoms with Crippen LogP contribution in [-0.2, 0) is 9.92 Å². The second-order valence-electron chi connectivity index (χ2n) is 4.86. The van der Waals surface area contributed by atoms with Crippen LogP contribution in [0, 0.1) is 0 Å². The van der Waals surface area contributed by atoms with Gasteiger partial charge in [-0.25, -0.2) is 13.3 Å². The molecule has 2 atom stereocenters. The first-order valence-electron chi connectivity index (χ1n) is 6.42. The number of nitrogen functional groups attached to an aromatic ring is 1. The molecule has 3 N–H and O–H groups in total. The van der Waals surface area contributed by atoms with Crippen LogP contribution in [0.5, 0.6) is 0 Å². The molecule has 0 aromatic heterocycles. The minimum absolute atomic E-state index is 0.168. The lowest BCUT2D eigenvalue weighted by molar-refractivity contribution is 0.615. The first kappa shape index (κ1) is 13.4. The highest BCUT2D eigenvalue weighted by Gasteiger charge is 2.25. The molecule has 1 aliphatic rings. The van der Waals surface area contributed by atoms with Crippen molar-refractivity contribution in [1.29, 1.82) is 0 Å². The fourth-order valence-corrected chi connectivity index (χ4v) is 3.81. The molecular weight excluding hydrogens is 246 g/mol. The lowest BCUT2D eigenvalue weighted by Crippen LogP contribution is -2.32. The highest BCUT2D eigenvalue weighted by molar-refractivity contribution is 7.91. The zero-order valence-electron chi connectivity index (χ0n) is 10.9. The SMILES string of the molecule is CCC(C)NS(=O)(=NC1CC1)c1cccc(N)c1. The van der Waals surface area contributed by atoms with Gasteiger partial charge in [0.2, 0.25) is 0 Å². The molecule has 1 aromatic rings. The predicted molar refractivity (Wildman–Crippen MR) is 75.6 cm³/mol. The summed E-state index contributed by atoms with van der Waals surface area (Å²) in [5.74, 6) is 0. The van der Waals surface area contributed by atoms with Crippen LogP contribution in [0.1, 0.15) is 33.1 Å². The van der Waals surface area contributed by atoms with E-state index >= 15 is 0 Å². The molecule has 5 heteroatoms. The van der Waals surface area contributed by atoms with E-state index in [1.54, 1.807) is 12.1 Å². The molecule has 0 radical (unpaired) electrons. The van der Waals surface area contributed by atoms with Gasteiger partial charge in [0, 0.05) is 11.7 Å². The Hall–Kier alpha value is -1.07. The molecule has 0 spiro atoms. The largest absolute Gasteiger partial charge is 0.399 e. The van der Waals surface area contributed by atoms with Gasteiger partial charge in [0.05, 0.1) is 10.9 Å².